The molecule has 2 aromatic heterocycles. The number of aldehydes is 1. The van der Waals surface area contributed by atoms with E-state index in [1.54, 1.807) is 4.90 Å². The van der Waals surface area contributed by atoms with E-state index in [2.05, 4.69) is 168 Å². The highest BCUT2D eigenvalue weighted by molar-refractivity contribution is 5.90. The van der Waals surface area contributed by atoms with Gasteiger partial charge >= 0.3 is 12.2 Å². The van der Waals surface area contributed by atoms with Crippen LogP contribution in [0.4, 0.5) is 9.59 Å². The number of nitrogens with one attached hydrogen (secondary N) is 4. The van der Waals surface area contributed by atoms with Gasteiger partial charge in [0.15, 0.2) is 0 Å². The third-order valence-corrected chi connectivity index (χ3v) is 11.5. The van der Waals surface area contributed by atoms with Crippen LogP contribution < -0.4 is 10.6 Å². The third-order valence-electron chi connectivity index (χ3n) is 11.5. The lowest BCUT2D eigenvalue weighted by Gasteiger charge is -2.30. The first kappa shape index (κ1) is 54.4. The molecule has 3 aromatic carbocycles. The number of aromatic amines is 2. The lowest BCUT2D eigenvalue weighted by Crippen LogP contribution is -2.42. The molecule has 2 saturated carbocycles. The summed E-state index contributed by atoms with van der Waals surface area (Å²) in [5.41, 5.74) is 6.58. The van der Waals surface area contributed by atoms with E-state index in [-0.39, 0.29) is 24.4 Å². The van der Waals surface area contributed by atoms with E-state index in [4.69, 9.17) is 4.98 Å². The van der Waals surface area contributed by atoms with Crippen LogP contribution in [0.3, 0.4) is 0 Å². The maximum absolute atomic E-state index is 13.0. The molecule has 2 aliphatic carbocycles. The van der Waals surface area contributed by atoms with E-state index < -0.39 is 12.2 Å². The average molecular weight is 915 g/mol. The molecule has 1 aliphatic heterocycles. The number of ether oxygens (including phenoxy) is 2. The Labute approximate surface area is 397 Å². The quantitative estimate of drug-likeness (QED) is 0.0702. The molecule has 0 unspecified atom stereocenters. The molecule has 3 aliphatic rings. The van der Waals surface area contributed by atoms with Crippen LogP contribution in [-0.2, 0) is 25.6 Å². The number of terminal acetylenes is 2. The van der Waals surface area contributed by atoms with Gasteiger partial charge in [0.05, 0.1) is 57.1 Å². The number of likely N-dealkylation sites (tertiary alicyclic amines) is 1. The van der Waals surface area contributed by atoms with Crippen LogP contribution in [-0.4, -0.2) is 101 Å². The fourth-order valence-electron chi connectivity index (χ4n) is 8.06. The molecule has 1 saturated heterocycles. The van der Waals surface area contributed by atoms with Crippen LogP contribution in [0.15, 0.2) is 73.1 Å². The molecule has 3 amide bonds. The Hall–Kier alpha value is -6.90. The van der Waals surface area contributed by atoms with Crippen molar-refractivity contribution < 1.29 is 28.7 Å². The van der Waals surface area contributed by atoms with Crippen molar-refractivity contribution in [1.82, 2.24) is 40.4 Å². The zero-order valence-corrected chi connectivity index (χ0v) is 40.6. The van der Waals surface area contributed by atoms with E-state index in [1.165, 1.54) is 57.5 Å². The van der Waals surface area contributed by atoms with Gasteiger partial charge in [-0.2, -0.15) is 0 Å². The van der Waals surface area contributed by atoms with Crippen LogP contribution >= 0.6 is 0 Å². The number of benzene rings is 3. The minimum absolute atomic E-state index is 0.00662. The van der Waals surface area contributed by atoms with Crippen molar-refractivity contribution in [2.75, 3.05) is 40.9 Å². The summed E-state index contributed by atoms with van der Waals surface area (Å²) in [6.07, 6.45) is 27.8. The Bertz CT molecular complexity index is 2350. The van der Waals surface area contributed by atoms with E-state index in [0.717, 1.165) is 57.9 Å². The molecule has 67 heavy (non-hydrogen) atoms. The number of carbonyl (C=O) groups excluding carboxylic acids is 4. The number of hydrogen-bond donors (Lipinski definition) is 4. The topological polar surface area (TPSA) is 175 Å². The predicted octanol–water partition coefficient (Wildman–Crippen LogP) is 9.80. The van der Waals surface area contributed by atoms with Crippen LogP contribution in [0, 0.1) is 37.0 Å². The first-order valence-electron chi connectivity index (χ1n) is 22.9. The summed E-state index contributed by atoms with van der Waals surface area (Å²) < 4.78 is 8.77. The zero-order valence-electron chi connectivity index (χ0n) is 40.6. The SMILES string of the molecule is C#C.C#C.CCC.CCC.COC(=O)NCC(=O)N(Cc1ncc(-c2ccc3cc(-c4ccc(-c5cnc([C@@H]6[C@H]7CC[C@H](C7)N6C)[nH]5)cc4)ccc3c2)[nH]1)CC1(C)CC1.COC(=O)NCC=O. The number of methoxy groups -OCH3 is 2. The molecule has 8 rings (SSSR count). The van der Waals surface area contributed by atoms with Gasteiger partial charge in [0.2, 0.25) is 5.91 Å². The second-order valence-electron chi connectivity index (χ2n) is 17.0. The second kappa shape index (κ2) is 27.5. The standard InChI is InChI=1S/C39H43N7O3.C4H7NO3.2C3H8.2C2H2/c1-39(14-15-39)23-46(35(47)21-42-38(48)49-3)22-34-40-19-33(43-34)29-11-10-27-16-26(8-9-28(27)17-29)24-4-6-25(7-5-24)32-20-41-37(44-32)36-30-12-13-31(18-30)45(36)2;1-8-4(7)5-2-3-6;2*1-3-2;2*1-2/h4-11,16-17,19-20,30-31,36H,12-15,18,21-23H2,1-3H3,(H,40,43)(H,41,44)(H,42,48);3H,2H2,1H3,(H,5,7);2*3H2,1-2H3;2*1-2H/t30-,31+,36-;;;;;/m0...../s1. The lowest BCUT2D eigenvalue weighted by molar-refractivity contribution is -0.131. The number of rotatable bonds is 12. The molecule has 2 bridgehead atoms. The highest BCUT2D eigenvalue weighted by atomic mass is 16.5. The number of imidazole rings is 2. The van der Waals surface area contributed by atoms with Gasteiger partial charge in [-0.3, -0.25) is 9.69 Å². The number of amides is 3. The molecule has 0 spiro atoms. The summed E-state index contributed by atoms with van der Waals surface area (Å²) in [6, 6.07) is 22.8. The van der Waals surface area contributed by atoms with Gasteiger partial charge in [0.25, 0.3) is 0 Å². The van der Waals surface area contributed by atoms with Crippen molar-refractivity contribution in [2.45, 2.75) is 98.2 Å². The highest BCUT2D eigenvalue weighted by Gasteiger charge is 2.45. The van der Waals surface area contributed by atoms with Gasteiger partial charge in [-0.1, -0.05) is 96.0 Å². The van der Waals surface area contributed by atoms with E-state index in [1.807, 2.05) is 12.4 Å². The maximum atomic E-state index is 13.0. The van der Waals surface area contributed by atoms with Gasteiger partial charge in [-0.05, 0) is 90.1 Å². The number of carbonyl (C=O) groups is 4. The molecule has 4 N–H and O–H groups in total. The fraction of sp³-hybridized carbons (Fsp3) is 0.434. The molecule has 0 radical (unpaired) electrons. The summed E-state index contributed by atoms with van der Waals surface area (Å²) >= 11 is 0. The molecule has 3 atom stereocenters. The highest BCUT2D eigenvalue weighted by Crippen LogP contribution is 2.49. The van der Waals surface area contributed by atoms with Crippen molar-refractivity contribution >= 4 is 35.2 Å². The van der Waals surface area contributed by atoms with Crippen LogP contribution in [0.2, 0.25) is 0 Å². The lowest BCUT2D eigenvalue weighted by atomic mass is 9.98. The second-order valence-corrected chi connectivity index (χ2v) is 17.0. The molecular formula is C53H70N8O6. The maximum Gasteiger partial charge on any atom is 0.407 e. The zero-order chi connectivity index (χ0) is 49.5. The van der Waals surface area contributed by atoms with Crippen molar-refractivity contribution in [3.8, 4) is 59.3 Å². The van der Waals surface area contributed by atoms with Crippen molar-refractivity contribution in [1.29, 1.82) is 0 Å². The summed E-state index contributed by atoms with van der Waals surface area (Å²) in [5.74, 6) is 2.35. The predicted molar refractivity (Wildman–Crippen MR) is 268 cm³/mol. The number of hydrogen-bond acceptors (Lipinski definition) is 9. The molecule has 358 valence electrons. The monoisotopic (exact) mass is 915 g/mol. The molecule has 3 heterocycles. The molecular weight excluding hydrogens is 845 g/mol. The molecule has 5 aromatic rings. The average Bonchev–Trinajstić information content (AvgIpc) is 3.89. The first-order valence-corrected chi connectivity index (χ1v) is 22.9. The Morgan fingerprint density at radius 2 is 1.33 bits per heavy atom. The number of fused-ring (bicyclic) bond motifs is 3. The van der Waals surface area contributed by atoms with Gasteiger partial charge in [-0.25, -0.2) is 19.6 Å². The summed E-state index contributed by atoms with van der Waals surface area (Å²) in [4.78, 5) is 64.9. The number of piperidine rings is 1. The van der Waals surface area contributed by atoms with Gasteiger partial charge in [-0.15, -0.1) is 25.7 Å². The fourth-order valence-corrected chi connectivity index (χ4v) is 8.06. The Morgan fingerprint density at radius 1 is 0.791 bits per heavy atom. The normalized spacial score (nSPS) is 16.7. The van der Waals surface area contributed by atoms with Gasteiger partial charge in [0.1, 0.15) is 24.5 Å². The minimum atomic E-state index is -0.620. The number of nitrogens with zero attached hydrogens (tertiary/aromatic N) is 4. The first-order chi connectivity index (χ1) is 32.4. The summed E-state index contributed by atoms with van der Waals surface area (Å²) in [5, 5.41) is 6.95. The third kappa shape index (κ3) is 15.6. The molecule has 14 nitrogen and oxygen atoms in total. The van der Waals surface area contributed by atoms with Gasteiger partial charge in [0, 0.05) is 18.2 Å². The van der Waals surface area contributed by atoms with Crippen LogP contribution in [0.5, 0.6) is 0 Å². The largest absolute Gasteiger partial charge is 0.453 e. The Balaban J connectivity index is 0.000000573. The van der Waals surface area contributed by atoms with Crippen LogP contribution in [0.1, 0.15) is 97.3 Å². The number of aromatic nitrogens is 4. The smallest absolute Gasteiger partial charge is 0.407 e. The van der Waals surface area contributed by atoms with Crippen LogP contribution in [0.25, 0.3) is 44.4 Å². The number of H-pyrrole nitrogens is 2. The summed E-state index contributed by atoms with van der Waals surface area (Å²) in [6.45, 7) is 11.5. The molecule has 3 fully saturated rings. The van der Waals surface area contributed by atoms with E-state index in [9.17, 15) is 19.2 Å². The number of alkyl carbamates (subject to hydrolysis) is 2. The minimum Gasteiger partial charge on any atom is -0.453 e. The van der Waals surface area contributed by atoms with Crippen molar-refractivity contribution in [3.63, 3.8) is 0 Å². The van der Waals surface area contributed by atoms with E-state index >= 15 is 0 Å². The van der Waals surface area contributed by atoms with Gasteiger partial charge < -0.3 is 39.8 Å². The van der Waals surface area contributed by atoms with Crippen molar-refractivity contribution in [2.24, 2.45) is 11.3 Å². The van der Waals surface area contributed by atoms with E-state index in [0.29, 0.717) is 37.3 Å². The Kier molecular flexibility index (Phi) is 22.4. The molecule has 14 heteroatoms. The van der Waals surface area contributed by atoms with Crippen molar-refractivity contribution in [3.05, 3.63) is 84.7 Å². The Morgan fingerprint density at radius 3 is 1.90 bits per heavy atom. The summed E-state index contributed by atoms with van der Waals surface area (Å²) in [7, 11) is 4.77.